The fourth-order valence-electron chi connectivity index (χ4n) is 2.49. The minimum Gasteiger partial charge on any atom is -0.497 e. The summed E-state index contributed by atoms with van der Waals surface area (Å²) < 4.78 is 30.7. The Morgan fingerprint density at radius 3 is 2.32 bits per heavy atom. The van der Waals surface area contributed by atoms with Gasteiger partial charge in [-0.1, -0.05) is 12.1 Å². The molecule has 0 saturated carbocycles. The zero-order valence-electron chi connectivity index (χ0n) is 14.7. The van der Waals surface area contributed by atoms with E-state index in [2.05, 4.69) is 5.32 Å². The Hall–Kier alpha value is -2.54. The lowest BCUT2D eigenvalue weighted by atomic mass is 10.2. The molecule has 2 aromatic rings. The number of hydrogen-bond donors (Lipinski definition) is 1. The molecule has 0 spiro atoms. The van der Waals surface area contributed by atoms with E-state index in [-0.39, 0.29) is 0 Å². The van der Waals surface area contributed by atoms with E-state index in [0.29, 0.717) is 17.1 Å². The van der Waals surface area contributed by atoms with Gasteiger partial charge in [0.1, 0.15) is 11.8 Å². The first-order valence-corrected chi connectivity index (χ1v) is 9.58. The minimum atomic E-state index is -3.63. The van der Waals surface area contributed by atoms with Gasteiger partial charge in [0.05, 0.1) is 19.1 Å². The van der Waals surface area contributed by atoms with E-state index in [9.17, 15) is 13.2 Å². The molecule has 0 aromatic heterocycles. The second kappa shape index (κ2) is 7.57. The van der Waals surface area contributed by atoms with E-state index in [1.54, 1.807) is 56.5 Å². The summed E-state index contributed by atoms with van der Waals surface area (Å²) in [6.45, 7) is 3.42. The summed E-state index contributed by atoms with van der Waals surface area (Å²) in [5, 5.41) is 2.73. The number of aryl methyl sites for hydroxylation is 1. The summed E-state index contributed by atoms with van der Waals surface area (Å²) in [6.07, 6.45) is 1.09. The lowest BCUT2D eigenvalue weighted by Crippen LogP contribution is -2.45. The van der Waals surface area contributed by atoms with Gasteiger partial charge in [-0.15, -0.1) is 0 Å². The largest absolute Gasteiger partial charge is 0.497 e. The van der Waals surface area contributed by atoms with Crippen LogP contribution in [-0.2, 0) is 14.8 Å². The molecule has 134 valence electrons. The fraction of sp³-hybridized carbons (Fsp3) is 0.278. The summed E-state index contributed by atoms with van der Waals surface area (Å²) in [7, 11) is -2.07. The van der Waals surface area contributed by atoms with Gasteiger partial charge in [-0.3, -0.25) is 9.10 Å². The van der Waals surface area contributed by atoms with Gasteiger partial charge in [0, 0.05) is 5.69 Å². The molecular formula is C18H22N2O4S. The van der Waals surface area contributed by atoms with Crippen LogP contribution in [0.15, 0.2) is 48.5 Å². The third-order valence-electron chi connectivity index (χ3n) is 3.70. The number of sulfonamides is 1. The molecule has 0 fully saturated rings. The third kappa shape index (κ3) is 4.73. The van der Waals surface area contributed by atoms with Crippen LogP contribution < -0.4 is 14.4 Å². The smallest absolute Gasteiger partial charge is 0.247 e. The molecule has 7 heteroatoms. The van der Waals surface area contributed by atoms with Gasteiger partial charge < -0.3 is 10.1 Å². The number of benzene rings is 2. The maximum Gasteiger partial charge on any atom is 0.247 e. The first-order valence-electron chi connectivity index (χ1n) is 7.73. The van der Waals surface area contributed by atoms with Crippen molar-refractivity contribution in [1.82, 2.24) is 0 Å². The first-order chi connectivity index (χ1) is 11.7. The van der Waals surface area contributed by atoms with Crippen LogP contribution >= 0.6 is 0 Å². The van der Waals surface area contributed by atoms with Crippen LogP contribution in [0.5, 0.6) is 5.75 Å². The molecule has 0 saturated heterocycles. The van der Waals surface area contributed by atoms with E-state index in [4.69, 9.17) is 4.74 Å². The van der Waals surface area contributed by atoms with Crippen LogP contribution in [0.3, 0.4) is 0 Å². The van der Waals surface area contributed by atoms with Crippen molar-refractivity contribution in [3.05, 3.63) is 54.1 Å². The molecule has 0 aliphatic heterocycles. The maximum atomic E-state index is 12.6. The van der Waals surface area contributed by atoms with Crippen molar-refractivity contribution in [3.8, 4) is 5.75 Å². The zero-order valence-corrected chi connectivity index (χ0v) is 15.5. The monoisotopic (exact) mass is 362 g/mol. The Morgan fingerprint density at radius 1 is 1.16 bits per heavy atom. The predicted molar refractivity (Wildman–Crippen MR) is 99.6 cm³/mol. The second-order valence-corrected chi connectivity index (χ2v) is 7.65. The van der Waals surface area contributed by atoms with Gasteiger partial charge in [-0.05, 0) is 55.8 Å². The van der Waals surface area contributed by atoms with Gasteiger partial charge in [0.15, 0.2) is 0 Å². The minimum absolute atomic E-state index is 0.419. The molecule has 25 heavy (non-hydrogen) atoms. The number of carbonyl (C=O) groups is 1. The highest BCUT2D eigenvalue weighted by atomic mass is 32.2. The van der Waals surface area contributed by atoms with E-state index >= 15 is 0 Å². The second-order valence-electron chi connectivity index (χ2n) is 5.79. The molecular weight excluding hydrogens is 340 g/mol. The highest BCUT2D eigenvalue weighted by molar-refractivity contribution is 7.92. The van der Waals surface area contributed by atoms with Crippen LogP contribution in [-0.4, -0.2) is 33.7 Å². The molecule has 0 heterocycles. The first kappa shape index (κ1) is 18.8. The summed E-state index contributed by atoms with van der Waals surface area (Å²) in [6, 6.07) is 13.0. The van der Waals surface area contributed by atoms with Gasteiger partial charge in [0.25, 0.3) is 0 Å². The lowest BCUT2D eigenvalue weighted by molar-refractivity contribution is -0.116. The Morgan fingerprint density at radius 2 is 1.80 bits per heavy atom. The van der Waals surface area contributed by atoms with Crippen LogP contribution in [0, 0.1) is 6.92 Å². The van der Waals surface area contributed by atoms with E-state index < -0.39 is 22.0 Å². The number of ether oxygens (including phenoxy) is 1. The number of nitrogens with zero attached hydrogens (tertiary/aromatic N) is 1. The van der Waals surface area contributed by atoms with Crippen molar-refractivity contribution in [2.75, 3.05) is 23.0 Å². The summed E-state index contributed by atoms with van der Waals surface area (Å²) in [5.74, 6) is 0.251. The van der Waals surface area contributed by atoms with Gasteiger partial charge in [0.2, 0.25) is 15.9 Å². The SMILES string of the molecule is COc1ccc(NC(=O)C(C)N(c2cccc(C)c2)S(C)(=O)=O)cc1. The normalized spacial score (nSPS) is 12.3. The standard InChI is InChI=1S/C18H22N2O4S/c1-13-6-5-7-16(12-13)20(25(4,22)23)14(2)18(21)19-15-8-10-17(24-3)11-9-15/h5-12,14H,1-4H3,(H,19,21). The number of carbonyl (C=O) groups excluding carboxylic acids is 1. The molecule has 0 aliphatic rings. The number of amides is 1. The molecule has 1 amide bonds. The number of methoxy groups -OCH3 is 1. The van der Waals surface area contributed by atoms with Crippen LogP contribution in [0.25, 0.3) is 0 Å². The van der Waals surface area contributed by atoms with E-state index in [1.807, 2.05) is 13.0 Å². The summed E-state index contributed by atoms with van der Waals surface area (Å²) in [5.41, 5.74) is 1.93. The predicted octanol–water partition coefficient (Wildman–Crippen LogP) is 2.80. The van der Waals surface area contributed by atoms with Crippen molar-refractivity contribution in [1.29, 1.82) is 0 Å². The van der Waals surface area contributed by atoms with Crippen LogP contribution in [0.4, 0.5) is 11.4 Å². The fourth-order valence-corrected chi connectivity index (χ4v) is 3.66. The van der Waals surface area contributed by atoms with Crippen molar-refractivity contribution in [2.45, 2.75) is 19.9 Å². The zero-order chi connectivity index (χ0) is 18.6. The van der Waals surface area contributed by atoms with Gasteiger partial charge in [-0.2, -0.15) is 0 Å². The summed E-state index contributed by atoms with van der Waals surface area (Å²) >= 11 is 0. The molecule has 0 aliphatic carbocycles. The van der Waals surface area contributed by atoms with Crippen molar-refractivity contribution in [3.63, 3.8) is 0 Å². The Bertz CT molecular complexity index is 848. The van der Waals surface area contributed by atoms with E-state index in [1.165, 1.54) is 0 Å². The molecule has 1 N–H and O–H groups in total. The molecule has 2 aromatic carbocycles. The van der Waals surface area contributed by atoms with Crippen molar-refractivity contribution < 1.29 is 17.9 Å². The molecule has 0 radical (unpaired) electrons. The number of nitrogens with one attached hydrogen (secondary N) is 1. The topological polar surface area (TPSA) is 75.7 Å². The number of anilines is 2. The number of rotatable bonds is 6. The van der Waals surface area contributed by atoms with E-state index in [0.717, 1.165) is 16.1 Å². The van der Waals surface area contributed by atoms with Crippen LogP contribution in [0.2, 0.25) is 0 Å². The molecule has 2 rings (SSSR count). The van der Waals surface area contributed by atoms with Crippen LogP contribution in [0.1, 0.15) is 12.5 Å². The Labute approximate surface area is 148 Å². The maximum absolute atomic E-state index is 12.6. The lowest BCUT2D eigenvalue weighted by Gasteiger charge is -2.28. The summed E-state index contributed by atoms with van der Waals surface area (Å²) in [4.78, 5) is 12.6. The molecule has 6 nitrogen and oxygen atoms in total. The highest BCUT2D eigenvalue weighted by Crippen LogP contribution is 2.23. The Kier molecular flexibility index (Phi) is 5.69. The number of hydrogen-bond acceptors (Lipinski definition) is 4. The molecule has 1 unspecified atom stereocenters. The van der Waals surface area contributed by atoms with Gasteiger partial charge in [-0.25, -0.2) is 8.42 Å². The van der Waals surface area contributed by atoms with Crippen molar-refractivity contribution in [2.24, 2.45) is 0 Å². The average molecular weight is 362 g/mol. The highest BCUT2D eigenvalue weighted by Gasteiger charge is 2.29. The van der Waals surface area contributed by atoms with Gasteiger partial charge >= 0.3 is 0 Å². The van der Waals surface area contributed by atoms with Crippen molar-refractivity contribution >= 4 is 27.3 Å². The quantitative estimate of drug-likeness (QED) is 0.857. The average Bonchev–Trinajstić information content (AvgIpc) is 2.54. The third-order valence-corrected chi connectivity index (χ3v) is 4.94. The Balaban J connectivity index is 2.26. The molecule has 1 atom stereocenters. The molecule has 0 bridgehead atoms.